The molecule has 0 unspecified atom stereocenters. The molecule has 0 aromatic carbocycles. The second-order valence-corrected chi connectivity index (χ2v) is 6.37. The molecular weight excluding hydrogens is 318 g/mol. The molecule has 3 N–H and O–H groups in total. The van der Waals surface area contributed by atoms with Crippen molar-refractivity contribution in [1.82, 2.24) is 9.97 Å². The molecule has 0 aliphatic carbocycles. The maximum Gasteiger partial charge on any atom is 0.352 e. The number of hydrogen-bond donors (Lipinski definition) is 3. The largest absolute Gasteiger partial charge is 0.477 e. The van der Waals surface area contributed by atoms with Gasteiger partial charge in [-0.25, -0.2) is 13.2 Å². The van der Waals surface area contributed by atoms with Crippen molar-refractivity contribution in [1.29, 1.82) is 0 Å². The molecule has 0 aliphatic rings. The number of carboxylic acid groups (broad SMARTS) is 1. The predicted molar refractivity (Wildman–Crippen MR) is 77.3 cm³/mol. The maximum atomic E-state index is 12.4. The molecular formula is C12H12ClN3O4S. The molecule has 2 aromatic heterocycles. The van der Waals surface area contributed by atoms with Crippen LogP contribution >= 0.6 is 11.6 Å². The van der Waals surface area contributed by atoms with Gasteiger partial charge in [-0.05, 0) is 19.9 Å². The molecule has 0 spiro atoms. The van der Waals surface area contributed by atoms with Crippen LogP contribution in [0.25, 0.3) is 0 Å². The molecule has 0 saturated carbocycles. The molecule has 2 rings (SSSR count). The minimum absolute atomic E-state index is 0.111. The summed E-state index contributed by atoms with van der Waals surface area (Å²) in [5, 5.41) is 9.22. The van der Waals surface area contributed by atoms with Gasteiger partial charge in [0.2, 0.25) is 0 Å². The maximum absolute atomic E-state index is 12.4. The van der Waals surface area contributed by atoms with Gasteiger partial charge in [-0.3, -0.25) is 9.71 Å². The fourth-order valence-corrected chi connectivity index (χ4v) is 3.72. The predicted octanol–water partition coefficient (Wildman–Crippen LogP) is 2.18. The molecule has 0 aliphatic heterocycles. The standard InChI is InChI=1S/C12H12ClN3O4S/c1-6-10(12(17)18)15-7(2)11(6)21(19,20)16-9-5-14-4-3-8(9)13/h3-5,15-16H,1-2H3,(H,17,18). The first-order valence-corrected chi connectivity index (χ1v) is 7.65. The first-order chi connectivity index (χ1) is 9.74. The Morgan fingerprint density at radius 1 is 1.43 bits per heavy atom. The van der Waals surface area contributed by atoms with Gasteiger partial charge in [0.05, 0.1) is 16.9 Å². The normalized spacial score (nSPS) is 11.4. The van der Waals surface area contributed by atoms with Crippen molar-refractivity contribution in [2.45, 2.75) is 18.7 Å². The third-order valence-electron chi connectivity index (χ3n) is 2.86. The highest BCUT2D eigenvalue weighted by Crippen LogP contribution is 2.27. The summed E-state index contributed by atoms with van der Waals surface area (Å²) in [7, 11) is -3.98. The number of rotatable bonds is 4. The van der Waals surface area contributed by atoms with Crippen LogP contribution in [0.1, 0.15) is 21.7 Å². The average molecular weight is 330 g/mol. The van der Waals surface area contributed by atoms with E-state index in [1.165, 1.54) is 32.3 Å². The summed E-state index contributed by atoms with van der Waals surface area (Å²) in [4.78, 5) is 17.3. The minimum Gasteiger partial charge on any atom is -0.477 e. The molecule has 21 heavy (non-hydrogen) atoms. The van der Waals surface area contributed by atoms with Gasteiger partial charge >= 0.3 is 5.97 Å². The van der Waals surface area contributed by atoms with Crippen LogP contribution in [0.4, 0.5) is 5.69 Å². The first kappa shape index (κ1) is 15.3. The number of hydrogen-bond acceptors (Lipinski definition) is 4. The topological polar surface area (TPSA) is 112 Å². The number of halogens is 1. The Balaban J connectivity index is 2.51. The van der Waals surface area contributed by atoms with Crippen LogP contribution in [0.2, 0.25) is 5.02 Å². The van der Waals surface area contributed by atoms with Crippen molar-refractivity contribution in [3.63, 3.8) is 0 Å². The summed E-state index contributed by atoms with van der Waals surface area (Å²) < 4.78 is 27.1. The number of sulfonamides is 1. The number of aromatic carboxylic acids is 1. The Morgan fingerprint density at radius 3 is 2.62 bits per heavy atom. The molecule has 0 atom stereocenters. The number of carbonyl (C=O) groups is 1. The van der Waals surface area contributed by atoms with E-state index < -0.39 is 16.0 Å². The van der Waals surface area contributed by atoms with Crippen LogP contribution in [0.5, 0.6) is 0 Å². The van der Waals surface area contributed by atoms with Gasteiger partial charge in [0, 0.05) is 17.5 Å². The minimum atomic E-state index is -3.98. The number of anilines is 1. The van der Waals surface area contributed by atoms with Crippen molar-refractivity contribution in [3.8, 4) is 0 Å². The summed E-state index contributed by atoms with van der Waals surface area (Å²) >= 11 is 5.88. The van der Waals surface area contributed by atoms with Crippen LogP contribution in [-0.2, 0) is 10.0 Å². The van der Waals surface area contributed by atoms with E-state index in [2.05, 4.69) is 14.7 Å². The molecule has 0 amide bonds. The van der Waals surface area contributed by atoms with Gasteiger partial charge in [-0.1, -0.05) is 11.6 Å². The van der Waals surface area contributed by atoms with E-state index in [1.807, 2.05) is 0 Å². The van der Waals surface area contributed by atoms with E-state index in [9.17, 15) is 13.2 Å². The quantitative estimate of drug-likeness (QED) is 0.795. The van der Waals surface area contributed by atoms with E-state index >= 15 is 0 Å². The highest BCUT2D eigenvalue weighted by atomic mass is 35.5. The number of nitrogens with zero attached hydrogens (tertiary/aromatic N) is 1. The van der Waals surface area contributed by atoms with E-state index in [-0.39, 0.29) is 32.6 Å². The second-order valence-electron chi connectivity index (χ2n) is 4.35. The van der Waals surface area contributed by atoms with Crippen LogP contribution in [0.3, 0.4) is 0 Å². The first-order valence-electron chi connectivity index (χ1n) is 5.79. The summed E-state index contributed by atoms with van der Waals surface area (Å²) in [6.45, 7) is 2.91. The number of aryl methyl sites for hydroxylation is 1. The van der Waals surface area contributed by atoms with Crippen LogP contribution in [-0.4, -0.2) is 29.5 Å². The molecule has 0 fully saturated rings. The van der Waals surface area contributed by atoms with E-state index in [0.717, 1.165) is 0 Å². The zero-order chi connectivity index (χ0) is 15.8. The fourth-order valence-electron chi connectivity index (χ4n) is 2.00. The SMILES string of the molecule is Cc1[nH]c(C(=O)O)c(C)c1S(=O)(=O)Nc1cnccc1Cl. The molecule has 112 valence electrons. The number of H-pyrrole nitrogens is 1. The highest BCUT2D eigenvalue weighted by molar-refractivity contribution is 7.92. The Morgan fingerprint density at radius 2 is 2.10 bits per heavy atom. The van der Waals surface area contributed by atoms with Gasteiger partial charge in [-0.2, -0.15) is 0 Å². The lowest BCUT2D eigenvalue weighted by Gasteiger charge is -2.09. The summed E-state index contributed by atoms with van der Waals surface area (Å²) in [5.74, 6) is -1.23. The zero-order valence-corrected chi connectivity index (χ0v) is 12.7. The van der Waals surface area contributed by atoms with Crippen molar-refractivity contribution in [2.75, 3.05) is 4.72 Å². The lowest BCUT2D eigenvalue weighted by molar-refractivity contribution is 0.0690. The fraction of sp³-hybridized carbons (Fsp3) is 0.167. The average Bonchev–Trinajstić information content (AvgIpc) is 2.68. The van der Waals surface area contributed by atoms with Crippen molar-refractivity contribution in [2.24, 2.45) is 0 Å². The van der Waals surface area contributed by atoms with Gasteiger partial charge in [0.15, 0.2) is 0 Å². The third-order valence-corrected chi connectivity index (χ3v) is 4.83. The Kier molecular flexibility index (Phi) is 3.93. The Hall–Kier alpha value is -2.06. The van der Waals surface area contributed by atoms with Crippen LogP contribution in [0.15, 0.2) is 23.4 Å². The lowest BCUT2D eigenvalue weighted by Crippen LogP contribution is -2.15. The molecule has 2 heterocycles. The van der Waals surface area contributed by atoms with Gasteiger partial charge in [0.1, 0.15) is 10.6 Å². The monoisotopic (exact) mass is 329 g/mol. The smallest absolute Gasteiger partial charge is 0.352 e. The molecule has 7 nitrogen and oxygen atoms in total. The Labute approximate surface area is 126 Å². The van der Waals surface area contributed by atoms with Crippen molar-refractivity contribution >= 4 is 33.3 Å². The molecule has 0 radical (unpaired) electrons. The van der Waals surface area contributed by atoms with Crippen LogP contribution < -0.4 is 4.72 Å². The van der Waals surface area contributed by atoms with E-state index in [4.69, 9.17) is 16.7 Å². The van der Waals surface area contributed by atoms with Gasteiger partial charge in [0.25, 0.3) is 10.0 Å². The van der Waals surface area contributed by atoms with Gasteiger partial charge < -0.3 is 10.1 Å². The zero-order valence-electron chi connectivity index (χ0n) is 11.1. The number of aromatic nitrogens is 2. The summed E-state index contributed by atoms with van der Waals surface area (Å²) in [6.07, 6.45) is 2.70. The number of carboxylic acids is 1. The molecule has 0 saturated heterocycles. The van der Waals surface area contributed by atoms with Crippen molar-refractivity contribution < 1.29 is 18.3 Å². The van der Waals surface area contributed by atoms with Gasteiger partial charge in [-0.15, -0.1) is 0 Å². The Bertz CT molecular complexity index is 814. The molecule has 2 aromatic rings. The second kappa shape index (κ2) is 5.38. The van der Waals surface area contributed by atoms with E-state index in [1.54, 1.807) is 0 Å². The number of nitrogens with one attached hydrogen (secondary N) is 2. The molecule has 9 heteroatoms. The van der Waals surface area contributed by atoms with E-state index in [0.29, 0.717) is 0 Å². The van der Waals surface area contributed by atoms with Crippen molar-refractivity contribution in [3.05, 3.63) is 40.4 Å². The summed E-state index contributed by atoms with van der Waals surface area (Å²) in [5.41, 5.74) is 0.325. The third kappa shape index (κ3) is 2.86. The lowest BCUT2D eigenvalue weighted by atomic mass is 10.2. The van der Waals surface area contributed by atoms with Crippen LogP contribution in [0, 0.1) is 13.8 Å². The number of aromatic amines is 1. The molecule has 0 bridgehead atoms. The highest BCUT2D eigenvalue weighted by Gasteiger charge is 2.26. The summed E-state index contributed by atoms with van der Waals surface area (Å²) in [6, 6.07) is 1.44. The number of pyridine rings is 1.